The maximum atomic E-state index is 12.5. The first-order chi connectivity index (χ1) is 9.54. The minimum absolute atomic E-state index is 0. The van der Waals surface area contributed by atoms with E-state index in [4.69, 9.17) is 0 Å². The van der Waals surface area contributed by atoms with Crippen LogP contribution < -0.4 is 5.32 Å². The zero-order chi connectivity index (χ0) is 14.7. The van der Waals surface area contributed by atoms with Crippen molar-refractivity contribution in [2.45, 2.75) is 25.8 Å². The number of nitrogens with zero attached hydrogens (tertiary/aromatic N) is 2. The highest BCUT2D eigenvalue weighted by molar-refractivity contribution is 5.95. The molecular weight excluding hydrogens is 294 g/mol. The van der Waals surface area contributed by atoms with E-state index in [1.165, 1.54) is 6.07 Å². The van der Waals surface area contributed by atoms with Crippen LogP contribution in [0.3, 0.4) is 0 Å². The summed E-state index contributed by atoms with van der Waals surface area (Å²) in [5.74, 6) is -0.0410. The van der Waals surface area contributed by atoms with Crippen LogP contribution in [0.25, 0.3) is 0 Å². The lowest BCUT2D eigenvalue weighted by Crippen LogP contribution is -2.40. The number of nitrogens with one attached hydrogen (secondary N) is 1. The molecule has 0 radical (unpaired) electrons. The van der Waals surface area contributed by atoms with Gasteiger partial charge in [0.25, 0.3) is 11.6 Å². The highest BCUT2D eigenvalue weighted by atomic mass is 35.5. The Hall–Kier alpha value is -1.66. The van der Waals surface area contributed by atoms with Gasteiger partial charge in [0.15, 0.2) is 0 Å². The van der Waals surface area contributed by atoms with E-state index in [1.54, 1.807) is 19.1 Å². The molecule has 2 rings (SSSR count). The molecule has 6 nitrogen and oxygen atoms in total. The molecule has 0 aliphatic carbocycles. The lowest BCUT2D eigenvalue weighted by atomic mass is 10.1. The third kappa shape index (κ3) is 3.71. The molecule has 1 fully saturated rings. The van der Waals surface area contributed by atoms with Crippen molar-refractivity contribution in [1.82, 2.24) is 10.2 Å². The summed E-state index contributed by atoms with van der Waals surface area (Å²) in [7, 11) is 1.87. The Labute approximate surface area is 130 Å². The molecule has 1 N–H and O–H groups in total. The van der Waals surface area contributed by atoms with E-state index < -0.39 is 4.92 Å². The summed E-state index contributed by atoms with van der Waals surface area (Å²) in [6.07, 6.45) is 2.00. The molecule has 0 saturated carbocycles. The molecule has 1 amide bonds. The van der Waals surface area contributed by atoms with Gasteiger partial charge in [-0.2, -0.15) is 0 Å². The van der Waals surface area contributed by atoms with Crippen molar-refractivity contribution in [2.24, 2.45) is 0 Å². The highest BCUT2D eigenvalue weighted by Gasteiger charge is 2.29. The van der Waals surface area contributed by atoms with E-state index in [0.717, 1.165) is 25.9 Å². The minimum atomic E-state index is -0.427. The number of carbonyl (C=O) groups is 1. The molecule has 116 valence electrons. The number of hydrogen-bond donors (Lipinski definition) is 1. The largest absolute Gasteiger partial charge is 0.334 e. The fourth-order valence-electron chi connectivity index (χ4n) is 2.71. The van der Waals surface area contributed by atoms with E-state index >= 15 is 0 Å². The van der Waals surface area contributed by atoms with Gasteiger partial charge >= 0.3 is 0 Å². The third-order valence-corrected chi connectivity index (χ3v) is 3.72. The number of aryl methyl sites for hydroxylation is 1. The zero-order valence-electron chi connectivity index (χ0n) is 12.2. The SMILES string of the molecule is CNCC1CCCN1C(=O)c1ccc([N+](=O)[O-])c(C)c1.Cl. The quantitative estimate of drug-likeness (QED) is 0.682. The Morgan fingerprint density at radius 3 is 2.81 bits per heavy atom. The molecule has 1 aromatic carbocycles. The Kier molecular flexibility index (Phi) is 6.11. The molecule has 7 heteroatoms. The number of carbonyl (C=O) groups excluding carboxylic acids is 1. The summed E-state index contributed by atoms with van der Waals surface area (Å²) in [6, 6.07) is 4.77. The monoisotopic (exact) mass is 313 g/mol. The van der Waals surface area contributed by atoms with Crippen molar-refractivity contribution < 1.29 is 9.72 Å². The van der Waals surface area contributed by atoms with Gasteiger partial charge in [-0.05, 0) is 38.9 Å². The predicted molar refractivity (Wildman–Crippen MR) is 83.1 cm³/mol. The number of likely N-dealkylation sites (tertiary alicyclic amines) is 1. The summed E-state index contributed by atoms with van der Waals surface area (Å²) in [6.45, 7) is 3.18. The van der Waals surface area contributed by atoms with Gasteiger partial charge in [0.1, 0.15) is 0 Å². The summed E-state index contributed by atoms with van der Waals surface area (Å²) >= 11 is 0. The van der Waals surface area contributed by atoms with Crippen LogP contribution in [0.5, 0.6) is 0 Å². The van der Waals surface area contributed by atoms with Crippen LogP contribution in [-0.4, -0.2) is 41.9 Å². The summed E-state index contributed by atoms with van der Waals surface area (Å²) < 4.78 is 0. The molecule has 0 aromatic heterocycles. The molecule has 1 atom stereocenters. The maximum Gasteiger partial charge on any atom is 0.272 e. The van der Waals surface area contributed by atoms with Crippen molar-refractivity contribution in [3.05, 3.63) is 39.4 Å². The van der Waals surface area contributed by atoms with Crippen molar-refractivity contribution in [3.8, 4) is 0 Å². The van der Waals surface area contributed by atoms with Gasteiger partial charge in [0.05, 0.1) is 4.92 Å². The van der Waals surface area contributed by atoms with Crippen LogP contribution in [0.2, 0.25) is 0 Å². The van der Waals surface area contributed by atoms with Crippen LogP contribution in [0, 0.1) is 17.0 Å². The standard InChI is InChI=1S/C14H19N3O3.ClH/c1-10-8-11(5-6-13(10)17(19)20)14(18)16-7-3-4-12(16)9-15-2;/h5-6,8,12,15H,3-4,7,9H2,1-2H3;1H. The molecule has 1 aromatic rings. The lowest BCUT2D eigenvalue weighted by molar-refractivity contribution is -0.385. The number of rotatable bonds is 4. The minimum Gasteiger partial charge on any atom is -0.334 e. The Balaban J connectivity index is 0.00000220. The van der Waals surface area contributed by atoms with Crippen LogP contribution in [0.15, 0.2) is 18.2 Å². The molecule has 21 heavy (non-hydrogen) atoms. The van der Waals surface area contributed by atoms with E-state index in [1.807, 2.05) is 11.9 Å². The van der Waals surface area contributed by atoms with Crippen molar-refractivity contribution >= 4 is 24.0 Å². The van der Waals surface area contributed by atoms with Gasteiger partial charge in [-0.1, -0.05) is 0 Å². The van der Waals surface area contributed by atoms with Crippen LogP contribution >= 0.6 is 12.4 Å². The first-order valence-electron chi connectivity index (χ1n) is 6.75. The van der Waals surface area contributed by atoms with Crippen LogP contribution in [0.1, 0.15) is 28.8 Å². The van der Waals surface area contributed by atoms with Crippen LogP contribution in [0.4, 0.5) is 5.69 Å². The molecule has 0 spiro atoms. The second kappa shape index (κ2) is 7.38. The smallest absolute Gasteiger partial charge is 0.272 e. The van der Waals surface area contributed by atoms with E-state index in [0.29, 0.717) is 11.1 Å². The maximum absolute atomic E-state index is 12.5. The second-order valence-corrected chi connectivity index (χ2v) is 5.11. The second-order valence-electron chi connectivity index (χ2n) is 5.11. The van der Waals surface area contributed by atoms with Gasteiger partial charge in [-0.15, -0.1) is 12.4 Å². The fourth-order valence-corrected chi connectivity index (χ4v) is 2.71. The number of amides is 1. The molecule has 1 unspecified atom stereocenters. The average Bonchev–Trinajstić information content (AvgIpc) is 2.86. The summed E-state index contributed by atoms with van der Waals surface area (Å²) in [5, 5.41) is 13.9. The first-order valence-corrected chi connectivity index (χ1v) is 6.75. The highest BCUT2D eigenvalue weighted by Crippen LogP contribution is 2.23. The van der Waals surface area contributed by atoms with Gasteiger partial charge in [-0.25, -0.2) is 0 Å². The van der Waals surface area contributed by atoms with Crippen molar-refractivity contribution in [1.29, 1.82) is 0 Å². The topological polar surface area (TPSA) is 75.5 Å². The summed E-state index contributed by atoms with van der Waals surface area (Å²) in [4.78, 5) is 24.7. The molecule has 1 aliphatic heterocycles. The average molecular weight is 314 g/mol. The third-order valence-electron chi connectivity index (χ3n) is 3.72. The Morgan fingerprint density at radius 2 is 2.24 bits per heavy atom. The predicted octanol–water partition coefficient (Wildman–Crippen LogP) is 2.15. The fraction of sp³-hybridized carbons (Fsp3) is 0.500. The lowest BCUT2D eigenvalue weighted by Gasteiger charge is -2.24. The molecule has 0 bridgehead atoms. The van der Waals surface area contributed by atoms with E-state index in [-0.39, 0.29) is 30.0 Å². The van der Waals surface area contributed by atoms with Crippen molar-refractivity contribution in [3.63, 3.8) is 0 Å². The number of nitro benzene ring substituents is 1. The van der Waals surface area contributed by atoms with E-state index in [9.17, 15) is 14.9 Å². The van der Waals surface area contributed by atoms with Gasteiger partial charge in [0, 0.05) is 36.3 Å². The van der Waals surface area contributed by atoms with Gasteiger partial charge in [0.2, 0.25) is 0 Å². The molecule has 1 saturated heterocycles. The zero-order valence-corrected chi connectivity index (χ0v) is 13.0. The van der Waals surface area contributed by atoms with Crippen LogP contribution in [-0.2, 0) is 0 Å². The number of likely N-dealkylation sites (N-methyl/N-ethyl adjacent to an activating group) is 1. The molecular formula is C14H20ClN3O3. The van der Waals surface area contributed by atoms with Crippen molar-refractivity contribution in [2.75, 3.05) is 20.1 Å². The number of halogens is 1. The van der Waals surface area contributed by atoms with Gasteiger partial charge in [-0.3, -0.25) is 14.9 Å². The first kappa shape index (κ1) is 17.4. The normalized spacial score (nSPS) is 17.4. The van der Waals surface area contributed by atoms with Gasteiger partial charge < -0.3 is 10.2 Å². The Bertz CT molecular complexity index is 536. The molecule has 1 aliphatic rings. The summed E-state index contributed by atoms with van der Waals surface area (Å²) in [5.41, 5.74) is 1.09. The number of nitro groups is 1. The number of benzene rings is 1. The van der Waals surface area contributed by atoms with E-state index in [2.05, 4.69) is 5.32 Å². The number of hydrogen-bond acceptors (Lipinski definition) is 4. The Morgan fingerprint density at radius 1 is 1.52 bits per heavy atom. The molecule has 1 heterocycles.